The van der Waals surface area contributed by atoms with E-state index in [-0.39, 0.29) is 15.4 Å². The van der Waals surface area contributed by atoms with E-state index in [2.05, 4.69) is 0 Å². The maximum Gasteiger partial charge on any atom is 0.265 e. The van der Waals surface area contributed by atoms with Crippen LogP contribution in [0.3, 0.4) is 0 Å². The van der Waals surface area contributed by atoms with Crippen LogP contribution < -0.4 is 4.72 Å². The molecule has 1 heterocycles. The number of carbonyl (C=O) groups is 1. The SMILES string of the molecule is Cc1ccc(S(=O)(=O)N2CCCC2)cc1C(=O)NS(=O)(=O)c1ccc(F)cc1. The Labute approximate surface area is 163 Å². The first-order chi connectivity index (χ1) is 13.1. The van der Waals surface area contributed by atoms with Crippen LogP contribution in [0.2, 0.25) is 0 Å². The second-order valence-corrected chi connectivity index (χ2v) is 10.1. The predicted molar refractivity (Wildman–Crippen MR) is 100 cm³/mol. The van der Waals surface area contributed by atoms with Crippen molar-refractivity contribution >= 4 is 26.0 Å². The normalized spacial score (nSPS) is 15.5. The highest BCUT2D eigenvalue weighted by atomic mass is 32.2. The van der Waals surface area contributed by atoms with Gasteiger partial charge in [-0.3, -0.25) is 4.79 Å². The van der Waals surface area contributed by atoms with Gasteiger partial charge in [-0.1, -0.05) is 6.07 Å². The van der Waals surface area contributed by atoms with E-state index in [4.69, 9.17) is 0 Å². The molecule has 7 nitrogen and oxygen atoms in total. The van der Waals surface area contributed by atoms with Crippen LogP contribution in [0.5, 0.6) is 0 Å². The molecule has 0 atom stereocenters. The maximum atomic E-state index is 13.0. The molecule has 0 unspecified atom stereocenters. The number of sulfonamides is 2. The van der Waals surface area contributed by atoms with Crippen LogP contribution in [0.15, 0.2) is 52.3 Å². The Balaban J connectivity index is 1.90. The van der Waals surface area contributed by atoms with Crippen LogP contribution >= 0.6 is 0 Å². The lowest BCUT2D eigenvalue weighted by Gasteiger charge is -2.17. The van der Waals surface area contributed by atoms with Gasteiger partial charge in [0.2, 0.25) is 10.0 Å². The third-order valence-corrected chi connectivity index (χ3v) is 7.75. The van der Waals surface area contributed by atoms with E-state index < -0.39 is 31.8 Å². The minimum atomic E-state index is -4.23. The number of hydrogen-bond acceptors (Lipinski definition) is 5. The van der Waals surface area contributed by atoms with Crippen molar-refractivity contribution in [3.05, 3.63) is 59.4 Å². The van der Waals surface area contributed by atoms with Crippen molar-refractivity contribution in [3.63, 3.8) is 0 Å². The minimum absolute atomic E-state index is 0.0639. The van der Waals surface area contributed by atoms with E-state index >= 15 is 0 Å². The second kappa shape index (κ2) is 7.61. The topological polar surface area (TPSA) is 101 Å². The summed E-state index contributed by atoms with van der Waals surface area (Å²) in [4.78, 5) is 12.2. The molecule has 1 aliphatic heterocycles. The van der Waals surface area contributed by atoms with E-state index in [9.17, 15) is 26.0 Å². The van der Waals surface area contributed by atoms with Crippen LogP contribution in [0.25, 0.3) is 0 Å². The van der Waals surface area contributed by atoms with Crippen LogP contribution in [-0.4, -0.2) is 40.1 Å². The fourth-order valence-corrected chi connectivity index (χ4v) is 5.44. The van der Waals surface area contributed by atoms with Gasteiger partial charge in [0.15, 0.2) is 0 Å². The zero-order valence-electron chi connectivity index (χ0n) is 15.1. The largest absolute Gasteiger partial charge is 0.268 e. The van der Waals surface area contributed by atoms with Crippen molar-refractivity contribution in [2.45, 2.75) is 29.6 Å². The third-order valence-electron chi connectivity index (χ3n) is 4.51. The number of halogens is 1. The Bertz CT molecular complexity index is 1110. The molecule has 0 radical (unpaired) electrons. The summed E-state index contributed by atoms with van der Waals surface area (Å²) < 4.78 is 66.3. The molecule has 0 bridgehead atoms. The van der Waals surface area contributed by atoms with Crippen LogP contribution in [0.1, 0.15) is 28.8 Å². The Morgan fingerprint density at radius 2 is 1.54 bits per heavy atom. The zero-order valence-corrected chi connectivity index (χ0v) is 16.7. The van der Waals surface area contributed by atoms with Gasteiger partial charge in [-0.15, -0.1) is 0 Å². The molecule has 1 fully saturated rings. The predicted octanol–water partition coefficient (Wildman–Crippen LogP) is 2.04. The van der Waals surface area contributed by atoms with Crippen molar-refractivity contribution in [1.82, 2.24) is 9.03 Å². The summed E-state index contributed by atoms with van der Waals surface area (Å²) in [5.41, 5.74) is 0.359. The number of amides is 1. The summed E-state index contributed by atoms with van der Waals surface area (Å²) in [7, 11) is -7.98. The average Bonchev–Trinajstić information content (AvgIpc) is 3.17. The number of carbonyl (C=O) groups excluding carboxylic acids is 1. The fourth-order valence-electron chi connectivity index (χ4n) is 2.93. The lowest BCUT2D eigenvalue weighted by atomic mass is 10.1. The first-order valence-electron chi connectivity index (χ1n) is 8.55. The molecule has 2 aromatic carbocycles. The molecule has 0 aromatic heterocycles. The van der Waals surface area contributed by atoms with Crippen LogP contribution in [0, 0.1) is 12.7 Å². The number of hydrogen-bond donors (Lipinski definition) is 1. The number of nitrogens with one attached hydrogen (secondary N) is 1. The summed E-state index contributed by atoms with van der Waals surface area (Å²) in [5.74, 6) is -1.57. The summed E-state index contributed by atoms with van der Waals surface area (Å²) in [5, 5.41) is 0. The Hall–Kier alpha value is -2.30. The monoisotopic (exact) mass is 426 g/mol. The summed E-state index contributed by atoms with van der Waals surface area (Å²) >= 11 is 0. The van der Waals surface area contributed by atoms with E-state index in [0.717, 1.165) is 37.1 Å². The molecule has 10 heteroatoms. The standard InChI is InChI=1S/C18H19FN2O5S2/c1-13-4-7-16(28(25,26)21-10-2-3-11-21)12-17(13)18(22)20-27(23,24)15-8-5-14(19)6-9-15/h4-9,12H,2-3,10-11H2,1H3,(H,20,22). The third kappa shape index (κ3) is 4.08. The maximum absolute atomic E-state index is 13.0. The summed E-state index contributed by atoms with van der Waals surface area (Å²) in [6.45, 7) is 2.40. The smallest absolute Gasteiger partial charge is 0.265 e. The Kier molecular flexibility index (Phi) is 5.55. The van der Waals surface area contributed by atoms with Gasteiger partial charge < -0.3 is 0 Å². The fraction of sp³-hybridized carbons (Fsp3) is 0.278. The molecular formula is C18H19FN2O5S2. The molecule has 1 N–H and O–H groups in total. The molecule has 3 rings (SSSR count). The van der Waals surface area contributed by atoms with Crippen LogP contribution in [0.4, 0.5) is 4.39 Å². The number of rotatable bonds is 5. The molecule has 28 heavy (non-hydrogen) atoms. The lowest BCUT2D eigenvalue weighted by Crippen LogP contribution is -2.32. The highest BCUT2D eigenvalue weighted by molar-refractivity contribution is 7.90. The van der Waals surface area contributed by atoms with E-state index in [1.807, 2.05) is 4.72 Å². The van der Waals surface area contributed by atoms with Crippen molar-refractivity contribution in [2.24, 2.45) is 0 Å². The molecule has 150 valence electrons. The van der Waals surface area contributed by atoms with Gasteiger partial charge in [0.05, 0.1) is 9.79 Å². The van der Waals surface area contributed by atoms with E-state index in [0.29, 0.717) is 18.7 Å². The van der Waals surface area contributed by atoms with Crippen molar-refractivity contribution < 1.29 is 26.0 Å². The number of aryl methyl sites for hydroxylation is 1. The first kappa shape index (κ1) is 20.4. The molecule has 1 saturated heterocycles. The number of benzene rings is 2. The van der Waals surface area contributed by atoms with Gasteiger partial charge in [0.1, 0.15) is 5.82 Å². The Morgan fingerprint density at radius 3 is 2.14 bits per heavy atom. The van der Waals surface area contributed by atoms with Crippen molar-refractivity contribution in [1.29, 1.82) is 0 Å². The molecule has 0 spiro atoms. The average molecular weight is 426 g/mol. The van der Waals surface area contributed by atoms with E-state index in [1.54, 1.807) is 6.92 Å². The van der Waals surface area contributed by atoms with Crippen molar-refractivity contribution in [2.75, 3.05) is 13.1 Å². The molecular weight excluding hydrogens is 407 g/mol. The first-order valence-corrected chi connectivity index (χ1v) is 11.5. The number of nitrogens with zero attached hydrogens (tertiary/aromatic N) is 1. The molecule has 2 aromatic rings. The zero-order chi connectivity index (χ0) is 20.5. The van der Waals surface area contributed by atoms with Gasteiger partial charge >= 0.3 is 0 Å². The van der Waals surface area contributed by atoms with Gasteiger partial charge in [0, 0.05) is 18.7 Å². The lowest BCUT2D eigenvalue weighted by molar-refractivity contribution is 0.0980. The van der Waals surface area contributed by atoms with Gasteiger partial charge in [-0.05, 0) is 61.7 Å². The molecule has 0 aliphatic carbocycles. The Morgan fingerprint density at radius 1 is 0.964 bits per heavy atom. The highest BCUT2D eigenvalue weighted by Crippen LogP contribution is 2.23. The van der Waals surface area contributed by atoms with Gasteiger partial charge in [-0.25, -0.2) is 25.9 Å². The minimum Gasteiger partial charge on any atom is -0.268 e. The quantitative estimate of drug-likeness (QED) is 0.789. The molecule has 0 saturated carbocycles. The molecule has 1 aliphatic rings. The highest BCUT2D eigenvalue weighted by Gasteiger charge is 2.28. The second-order valence-electron chi connectivity index (χ2n) is 6.48. The summed E-state index contributed by atoms with van der Waals surface area (Å²) in [6.07, 6.45) is 1.54. The summed E-state index contributed by atoms with van der Waals surface area (Å²) in [6, 6.07) is 8.04. The van der Waals surface area contributed by atoms with Gasteiger partial charge in [-0.2, -0.15) is 4.31 Å². The van der Waals surface area contributed by atoms with Crippen LogP contribution in [-0.2, 0) is 20.0 Å². The molecule has 1 amide bonds. The van der Waals surface area contributed by atoms with Gasteiger partial charge in [0.25, 0.3) is 15.9 Å². The van der Waals surface area contributed by atoms with E-state index in [1.165, 1.54) is 22.5 Å². The van der Waals surface area contributed by atoms with Crippen molar-refractivity contribution in [3.8, 4) is 0 Å².